The molecule has 0 aliphatic carbocycles. The third kappa shape index (κ3) is 11.9. The lowest BCUT2D eigenvalue weighted by molar-refractivity contribution is -0.163. The first kappa shape index (κ1) is 43.5. The number of thioether (sulfide) groups is 1. The maximum absolute atomic E-state index is 12.9. The van der Waals surface area contributed by atoms with Gasteiger partial charge < -0.3 is 46.5 Å². The minimum absolute atomic E-state index is 0.00130. The van der Waals surface area contributed by atoms with E-state index in [9.17, 15) is 29.7 Å². The van der Waals surface area contributed by atoms with Crippen molar-refractivity contribution in [3.05, 3.63) is 76.6 Å². The smallest absolute Gasteiger partial charge is 0.328 e. The van der Waals surface area contributed by atoms with Gasteiger partial charge in [-0.15, -0.1) is 0 Å². The number of rotatable bonds is 17. The minimum Gasteiger partial charge on any atom is -0.490 e. The van der Waals surface area contributed by atoms with Gasteiger partial charge in [0.25, 0.3) is 0 Å². The number of anilines is 1. The van der Waals surface area contributed by atoms with Crippen molar-refractivity contribution in [1.82, 2.24) is 20.6 Å². The summed E-state index contributed by atoms with van der Waals surface area (Å²) in [4.78, 5) is 58.3. The van der Waals surface area contributed by atoms with E-state index < -0.39 is 60.6 Å². The van der Waals surface area contributed by atoms with Crippen molar-refractivity contribution in [2.45, 2.75) is 68.7 Å². The van der Waals surface area contributed by atoms with Crippen LogP contribution in [0, 0.1) is 22.7 Å². The number of carbonyl (C=O) groups excluding carboxylic acids is 4. The van der Waals surface area contributed by atoms with Crippen molar-refractivity contribution in [3.63, 3.8) is 0 Å². The molecule has 57 heavy (non-hydrogen) atoms. The molecule has 0 fully saturated rings. The van der Waals surface area contributed by atoms with Gasteiger partial charge in [-0.25, -0.2) is 19.6 Å². The highest BCUT2D eigenvalue weighted by Crippen LogP contribution is 2.37. The SMILES string of the molecule is CC(NC(=O)[C@H](C)N)C(=O)OC[C@H](COc1ccc(-c2c(C#N)c(N)nc(SCc3coc(-c4ccc(Cl)cc4)n3)c2C#N)cc1)OC(=O)C(C)NC(=O)[C@H](C)N. The van der Waals surface area contributed by atoms with Gasteiger partial charge >= 0.3 is 11.9 Å². The molecule has 298 valence electrons. The number of hydrogen-bond acceptors (Lipinski definition) is 16. The Kier molecular flexibility index (Phi) is 15.4. The van der Waals surface area contributed by atoms with Gasteiger partial charge in [-0.3, -0.25) is 9.59 Å². The van der Waals surface area contributed by atoms with E-state index in [0.29, 0.717) is 22.2 Å². The summed E-state index contributed by atoms with van der Waals surface area (Å²) in [6.45, 7) is 4.90. The Balaban J connectivity index is 1.50. The number of esters is 2. The van der Waals surface area contributed by atoms with Crippen molar-refractivity contribution in [3.8, 4) is 40.5 Å². The molecule has 4 rings (SSSR count). The van der Waals surface area contributed by atoms with Crippen LogP contribution in [0.5, 0.6) is 5.75 Å². The van der Waals surface area contributed by atoms with E-state index in [1.54, 1.807) is 48.5 Å². The van der Waals surface area contributed by atoms with E-state index >= 15 is 0 Å². The molecule has 2 amide bonds. The maximum atomic E-state index is 12.9. The summed E-state index contributed by atoms with van der Waals surface area (Å²) in [6.07, 6.45) is 0.323. The lowest BCUT2D eigenvalue weighted by atomic mass is 9.97. The molecule has 0 bridgehead atoms. The summed E-state index contributed by atoms with van der Waals surface area (Å²) in [5.74, 6) is -1.98. The zero-order chi connectivity index (χ0) is 41.8. The predicted molar refractivity (Wildman–Crippen MR) is 209 cm³/mol. The lowest BCUT2D eigenvalue weighted by Gasteiger charge is -2.22. The third-order valence-corrected chi connectivity index (χ3v) is 9.20. The Hall–Kier alpha value is -6.18. The van der Waals surface area contributed by atoms with Crippen LogP contribution < -0.4 is 32.6 Å². The molecule has 2 unspecified atom stereocenters. The van der Waals surface area contributed by atoms with Crippen molar-refractivity contribution < 1.29 is 37.8 Å². The molecule has 0 saturated carbocycles. The molecule has 0 saturated heterocycles. The molecule has 8 N–H and O–H groups in total. The van der Waals surface area contributed by atoms with Gasteiger partial charge in [-0.2, -0.15) is 10.5 Å². The molecule has 2 aromatic heterocycles. The Morgan fingerprint density at radius 3 is 2.00 bits per heavy atom. The number of hydrogen-bond donors (Lipinski definition) is 5. The topological polar surface area (TPSA) is 285 Å². The summed E-state index contributed by atoms with van der Waals surface area (Å²) in [5.41, 5.74) is 19.5. The van der Waals surface area contributed by atoms with Crippen LogP contribution in [0.2, 0.25) is 5.02 Å². The van der Waals surface area contributed by atoms with E-state index in [1.165, 1.54) is 45.7 Å². The normalized spacial score (nSPS) is 13.4. The number of benzene rings is 2. The van der Waals surface area contributed by atoms with Gasteiger partial charge in [0.2, 0.25) is 17.7 Å². The average molecular weight is 818 g/mol. The number of nitrogens with one attached hydrogen (secondary N) is 2. The second-order valence-electron chi connectivity index (χ2n) is 12.7. The Morgan fingerprint density at radius 2 is 1.42 bits per heavy atom. The van der Waals surface area contributed by atoms with E-state index in [4.69, 9.17) is 47.4 Å². The van der Waals surface area contributed by atoms with Gasteiger partial charge in [0.05, 0.1) is 23.3 Å². The lowest BCUT2D eigenvalue weighted by Crippen LogP contribution is -2.48. The zero-order valence-electron chi connectivity index (χ0n) is 31.3. The van der Waals surface area contributed by atoms with E-state index in [1.807, 2.05) is 6.07 Å². The number of nitrogens with two attached hydrogens (primary N) is 3. The first-order valence-electron chi connectivity index (χ1n) is 17.3. The molecule has 0 aliphatic rings. The molecular weight excluding hydrogens is 778 g/mol. The van der Waals surface area contributed by atoms with E-state index in [0.717, 1.165) is 5.56 Å². The molecule has 17 nitrogen and oxygen atoms in total. The van der Waals surface area contributed by atoms with Crippen molar-refractivity contribution in [2.75, 3.05) is 18.9 Å². The van der Waals surface area contributed by atoms with Gasteiger partial charge in [-0.05, 0) is 69.7 Å². The molecule has 2 heterocycles. The molecular formula is C38H40ClN9O8S. The largest absolute Gasteiger partial charge is 0.490 e. The number of nitrogen functional groups attached to an aromatic ring is 1. The molecule has 4 aromatic rings. The van der Waals surface area contributed by atoms with Crippen molar-refractivity contribution in [1.29, 1.82) is 10.5 Å². The quantitative estimate of drug-likeness (QED) is 0.0755. The first-order valence-corrected chi connectivity index (χ1v) is 18.7. The third-order valence-electron chi connectivity index (χ3n) is 7.94. The molecule has 0 radical (unpaired) electrons. The van der Waals surface area contributed by atoms with E-state index in [-0.39, 0.29) is 45.6 Å². The summed E-state index contributed by atoms with van der Waals surface area (Å²) < 4.78 is 22.3. The van der Waals surface area contributed by atoms with Crippen LogP contribution in [-0.2, 0) is 34.4 Å². The minimum atomic E-state index is -1.17. The van der Waals surface area contributed by atoms with Crippen LogP contribution in [0.15, 0.2) is 64.2 Å². The number of nitriles is 2. The van der Waals surface area contributed by atoms with Crippen LogP contribution in [0.4, 0.5) is 5.82 Å². The molecule has 2 aromatic carbocycles. The number of amides is 2. The van der Waals surface area contributed by atoms with E-state index in [2.05, 4.69) is 26.7 Å². The summed E-state index contributed by atoms with van der Waals surface area (Å²) in [7, 11) is 0. The maximum Gasteiger partial charge on any atom is 0.328 e. The van der Waals surface area contributed by atoms with Gasteiger partial charge in [-0.1, -0.05) is 35.5 Å². The zero-order valence-corrected chi connectivity index (χ0v) is 32.8. The van der Waals surface area contributed by atoms with Gasteiger partial charge in [0, 0.05) is 21.9 Å². The van der Waals surface area contributed by atoms with Gasteiger partial charge in [0.15, 0.2) is 6.10 Å². The Labute approximate surface area is 337 Å². The Bertz CT molecular complexity index is 2170. The Morgan fingerprint density at radius 1 is 0.842 bits per heavy atom. The first-order chi connectivity index (χ1) is 27.1. The second-order valence-corrected chi connectivity index (χ2v) is 14.1. The summed E-state index contributed by atoms with van der Waals surface area (Å²) in [6, 6.07) is 13.6. The van der Waals surface area contributed by atoms with Crippen molar-refractivity contribution >= 4 is 52.9 Å². The van der Waals surface area contributed by atoms with Crippen LogP contribution in [0.3, 0.4) is 0 Å². The highest BCUT2D eigenvalue weighted by molar-refractivity contribution is 7.98. The number of halogens is 1. The van der Waals surface area contributed by atoms with Gasteiger partial charge in [0.1, 0.15) is 65.9 Å². The number of ether oxygens (including phenoxy) is 3. The molecule has 0 spiro atoms. The fourth-order valence-corrected chi connectivity index (χ4v) is 5.83. The fourth-order valence-electron chi connectivity index (χ4n) is 4.83. The monoisotopic (exact) mass is 817 g/mol. The molecule has 5 atom stereocenters. The number of pyridine rings is 1. The van der Waals surface area contributed by atoms with Crippen molar-refractivity contribution in [2.24, 2.45) is 11.5 Å². The summed E-state index contributed by atoms with van der Waals surface area (Å²) >= 11 is 7.18. The molecule has 0 aliphatic heterocycles. The van der Waals surface area contributed by atoms with Crippen LogP contribution in [0.25, 0.3) is 22.6 Å². The second kappa shape index (κ2) is 20.1. The predicted octanol–water partition coefficient (Wildman–Crippen LogP) is 3.21. The standard InChI is InChI=1S/C38H40ClN9O8S/c1-19(42)33(49)45-21(3)37(51)55-17-28(56-38(52)22(4)46-34(50)20(2)43)16-53-27-11-7-23(8-12-27)31-29(13-40)32(44)48-36(30(31)14-41)57-18-26-15-54-35(47-26)24-5-9-25(39)10-6-24/h5-12,15,19-22,28H,16-18,42-43H2,1-4H3,(H2,44,48)(H,45,49)(H,46,50)/t19-,20-,21?,22?,28-/m0/s1. The number of nitrogens with zero attached hydrogens (tertiary/aromatic N) is 4. The van der Waals surface area contributed by atoms with Crippen LogP contribution in [0.1, 0.15) is 44.5 Å². The fraction of sp³-hybridized carbons (Fsp3) is 0.316. The number of carbonyl (C=O) groups is 4. The highest BCUT2D eigenvalue weighted by atomic mass is 35.5. The van der Waals surface area contributed by atoms with Crippen LogP contribution >= 0.6 is 23.4 Å². The highest BCUT2D eigenvalue weighted by Gasteiger charge is 2.27. The molecule has 19 heteroatoms. The number of oxazole rings is 1. The number of aromatic nitrogens is 2. The van der Waals surface area contributed by atoms with Crippen LogP contribution in [-0.4, -0.2) is 77.2 Å². The summed E-state index contributed by atoms with van der Waals surface area (Å²) in [5, 5.41) is 26.0. The average Bonchev–Trinajstić information content (AvgIpc) is 3.66.